The summed E-state index contributed by atoms with van der Waals surface area (Å²) in [4.78, 5) is 14.2. The van der Waals surface area contributed by atoms with E-state index in [-0.39, 0.29) is 18.3 Å². The summed E-state index contributed by atoms with van der Waals surface area (Å²) in [5.74, 6) is -0.589. The van der Waals surface area contributed by atoms with Gasteiger partial charge in [0.15, 0.2) is 0 Å². The number of aromatic nitrogens is 1. The maximum absolute atomic E-state index is 10.8. The van der Waals surface area contributed by atoms with Gasteiger partial charge in [0.25, 0.3) is 0 Å². The molecular formula is C28H27Cl3N2O2. The van der Waals surface area contributed by atoms with E-state index in [4.69, 9.17) is 39.9 Å². The quantitative estimate of drug-likeness (QED) is 0.192. The third-order valence-electron chi connectivity index (χ3n) is 6.31. The van der Waals surface area contributed by atoms with Gasteiger partial charge in [-0.2, -0.15) is 0 Å². The lowest BCUT2D eigenvalue weighted by molar-refractivity contribution is -0.136. The Kier molecular flexibility index (Phi) is 8.27. The highest BCUT2D eigenvalue weighted by Crippen LogP contribution is 2.45. The van der Waals surface area contributed by atoms with Crippen LogP contribution in [0.3, 0.4) is 0 Å². The van der Waals surface area contributed by atoms with Crippen LogP contribution in [0, 0.1) is 0 Å². The third kappa shape index (κ3) is 5.95. The van der Waals surface area contributed by atoms with Crippen LogP contribution in [-0.4, -0.2) is 22.6 Å². The number of aromatic amines is 1. The molecule has 2 atom stereocenters. The smallest absolute Gasteiger partial charge is 0.305 e. The van der Waals surface area contributed by atoms with E-state index >= 15 is 0 Å². The molecule has 2 unspecified atom stereocenters. The second-order valence-electron chi connectivity index (χ2n) is 8.67. The Morgan fingerprint density at radius 1 is 0.971 bits per heavy atom. The number of rotatable bonds is 10. The molecule has 3 N–H and O–H groups in total. The zero-order valence-corrected chi connectivity index (χ0v) is 21.6. The fourth-order valence-electron chi connectivity index (χ4n) is 4.73. The number of anilines is 1. The average molecular weight is 530 g/mol. The minimum atomic E-state index is -0.818. The number of carboxylic acids is 1. The summed E-state index contributed by atoms with van der Waals surface area (Å²) in [6.45, 7) is 2.58. The van der Waals surface area contributed by atoms with Gasteiger partial charge < -0.3 is 15.4 Å². The highest BCUT2D eigenvalue weighted by molar-refractivity contribution is 6.38. The second kappa shape index (κ2) is 11.4. The molecule has 0 spiro atoms. The predicted molar refractivity (Wildman–Crippen MR) is 146 cm³/mol. The van der Waals surface area contributed by atoms with Gasteiger partial charge in [-0.3, -0.25) is 4.79 Å². The average Bonchev–Trinajstić information content (AvgIpc) is 3.24. The van der Waals surface area contributed by atoms with Gasteiger partial charge in [-0.1, -0.05) is 72.4 Å². The summed E-state index contributed by atoms with van der Waals surface area (Å²) in [6.07, 6.45) is 4.10. The van der Waals surface area contributed by atoms with Gasteiger partial charge in [-0.15, -0.1) is 0 Å². The van der Waals surface area contributed by atoms with Crippen molar-refractivity contribution in [3.8, 4) is 0 Å². The fraction of sp³-hybridized carbons (Fsp3) is 0.250. The lowest BCUT2D eigenvalue weighted by atomic mass is 9.75. The van der Waals surface area contributed by atoms with E-state index in [1.54, 1.807) is 6.07 Å². The topological polar surface area (TPSA) is 65.1 Å². The van der Waals surface area contributed by atoms with Crippen LogP contribution in [0.4, 0.5) is 5.69 Å². The first kappa shape index (κ1) is 25.4. The Hall–Kier alpha value is -2.66. The van der Waals surface area contributed by atoms with Crippen molar-refractivity contribution in [1.82, 2.24) is 4.98 Å². The molecule has 1 heterocycles. The zero-order valence-electron chi connectivity index (χ0n) is 19.3. The molecule has 0 aliphatic carbocycles. The van der Waals surface area contributed by atoms with Crippen molar-refractivity contribution in [1.29, 1.82) is 0 Å². The van der Waals surface area contributed by atoms with Crippen molar-refractivity contribution in [2.24, 2.45) is 0 Å². The van der Waals surface area contributed by atoms with Crippen molar-refractivity contribution in [3.05, 3.63) is 98.6 Å². The number of benzene rings is 3. The number of fused-ring (bicyclic) bond motifs is 1. The van der Waals surface area contributed by atoms with E-state index in [2.05, 4.69) is 41.5 Å². The van der Waals surface area contributed by atoms with Crippen molar-refractivity contribution in [2.75, 3.05) is 11.9 Å². The number of nitrogens with one attached hydrogen (secondary N) is 2. The maximum Gasteiger partial charge on any atom is 0.305 e. The molecule has 35 heavy (non-hydrogen) atoms. The number of carboxylic acid groups (broad SMARTS) is 1. The Labute approximate surface area is 220 Å². The molecule has 0 saturated heterocycles. The Morgan fingerprint density at radius 2 is 1.66 bits per heavy atom. The normalized spacial score (nSPS) is 13.0. The number of carbonyl (C=O) groups is 1. The first-order chi connectivity index (χ1) is 16.9. The first-order valence-electron chi connectivity index (χ1n) is 11.6. The number of aliphatic carboxylic acids is 1. The Bertz CT molecular complexity index is 1300. The van der Waals surface area contributed by atoms with Crippen molar-refractivity contribution >= 4 is 57.4 Å². The lowest BCUT2D eigenvalue weighted by Gasteiger charge is -2.28. The maximum atomic E-state index is 10.8. The standard InChI is InChI=1S/C28H27Cl3N2O2/c1-2-3-22(17-6-10-21(11-7-17)32-13-12-26(34)35)27(18-4-8-19(29)9-5-18)24-16-33-28-23(24)14-20(30)15-25(28)31/h4-11,14-16,22,27,32-33H,2-3,12-13H2,1H3,(H,34,35). The molecule has 0 aliphatic heterocycles. The minimum Gasteiger partial charge on any atom is -0.481 e. The van der Waals surface area contributed by atoms with E-state index in [0.717, 1.165) is 40.6 Å². The van der Waals surface area contributed by atoms with Gasteiger partial charge in [0.05, 0.1) is 17.0 Å². The first-order valence-corrected chi connectivity index (χ1v) is 12.8. The van der Waals surface area contributed by atoms with Crippen molar-refractivity contribution < 1.29 is 9.90 Å². The summed E-state index contributed by atoms with van der Waals surface area (Å²) in [6, 6.07) is 20.0. The van der Waals surface area contributed by atoms with Crippen molar-refractivity contribution in [2.45, 2.75) is 38.0 Å². The van der Waals surface area contributed by atoms with Crippen LogP contribution in [0.2, 0.25) is 15.1 Å². The Morgan fingerprint density at radius 3 is 2.31 bits per heavy atom. The minimum absolute atomic E-state index is 0.0429. The van der Waals surface area contributed by atoms with Gasteiger partial charge >= 0.3 is 5.97 Å². The molecule has 0 aliphatic rings. The van der Waals surface area contributed by atoms with E-state index < -0.39 is 5.97 Å². The molecule has 0 bridgehead atoms. The van der Waals surface area contributed by atoms with Crippen LogP contribution in [0.25, 0.3) is 10.9 Å². The van der Waals surface area contributed by atoms with Gasteiger partial charge in [0, 0.05) is 39.8 Å². The van der Waals surface area contributed by atoms with E-state index in [1.807, 2.05) is 36.5 Å². The molecule has 4 nitrogen and oxygen atoms in total. The highest BCUT2D eigenvalue weighted by atomic mass is 35.5. The molecule has 0 saturated carbocycles. The molecule has 3 aromatic carbocycles. The van der Waals surface area contributed by atoms with Crippen LogP contribution in [0.5, 0.6) is 0 Å². The summed E-state index contributed by atoms with van der Waals surface area (Å²) in [5, 5.41) is 15.0. The van der Waals surface area contributed by atoms with Crippen LogP contribution in [-0.2, 0) is 4.79 Å². The number of halogens is 3. The van der Waals surface area contributed by atoms with Crippen LogP contribution >= 0.6 is 34.8 Å². The largest absolute Gasteiger partial charge is 0.481 e. The van der Waals surface area contributed by atoms with Crippen molar-refractivity contribution in [3.63, 3.8) is 0 Å². The van der Waals surface area contributed by atoms with E-state index in [0.29, 0.717) is 21.6 Å². The van der Waals surface area contributed by atoms with Crippen LogP contribution in [0.1, 0.15) is 54.7 Å². The van der Waals surface area contributed by atoms with Gasteiger partial charge in [0.2, 0.25) is 0 Å². The van der Waals surface area contributed by atoms with Gasteiger partial charge in [-0.25, -0.2) is 0 Å². The molecule has 1 aromatic heterocycles. The molecule has 0 radical (unpaired) electrons. The van der Waals surface area contributed by atoms with Crippen LogP contribution < -0.4 is 5.32 Å². The monoisotopic (exact) mass is 528 g/mol. The zero-order chi connectivity index (χ0) is 24.9. The highest BCUT2D eigenvalue weighted by Gasteiger charge is 2.29. The fourth-order valence-corrected chi connectivity index (χ4v) is 5.40. The Balaban J connectivity index is 1.78. The molecule has 0 fully saturated rings. The molecule has 182 valence electrons. The molecule has 7 heteroatoms. The lowest BCUT2D eigenvalue weighted by Crippen LogP contribution is -2.13. The predicted octanol–water partition coefficient (Wildman–Crippen LogP) is 8.73. The summed E-state index contributed by atoms with van der Waals surface area (Å²) in [7, 11) is 0. The summed E-state index contributed by atoms with van der Waals surface area (Å²) in [5.41, 5.74) is 5.28. The molecule has 0 amide bonds. The van der Waals surface area contributed by atoms with E-state index in [1.165, 1.54) is 5.56 Å². The number of hydrogen-bond donors (Lipinski definition) is 3. The van der Waals surface area contributed by atoms with Gasteiger partial charge in [0.1, 0.15) is 0 Å². The van der Waals surface area contributed by atoms with Crippen LogP contribution in [0.15, 0.2) is 66.9 Å². The summed E-state index contributed by atoms with van der Waals surface area (Å²) < 4.78 is 0. The molecular weight excluding hydrogens is 503 g/mol. The molecule has 4 rings (SSSR count). The van der Waals surface area contributed by atoms with Gasteiger partial charge in [-0.05, 0) is 65.4 Å². The second-order valence-corrected chi connectivity index (χ2v) is 9.95. The SMILES string of the molecule is CCCC(c1ccc(NCCC(=O)O)cc1)C(c1ccc(Cl)cc1)c1c[nH]c2c(Cl)cc(Cl)cc12. The summed E-state index contributed by atoms with van der Waals surface area (Å²) >= 11 is 19.1. The third-order valence-corrected chi connectivity index (χ3v) is 7.08. The number of H-pyrrole nitrogens is 1. The van der Waals surface area contributed by atoms with E-state index in [9.17, 15) is 4.79 Å². The molecule has 4 aromatic rings. The number of hydrogen-bond acceptors (Lipinski definition) is 2.